The molecule has 4 heterocycles. The molecule has 3 aromatic heterocycles. The molecule has 1 aliphatic heterocycles. The summed E-state index contributed by atoms with van der Waals surface area (Å²) in [5.41, 5.74) is -0.0183. The van der Waals surface area contributed by atoms with Gasteiger partial charge in [-0.05, 0) is 30.5 Å². The second kappa shape index (κ2) is 5.94. The average Bonchev–Trinajstić information content (AvgIpc) is 3.36. The Hall–Kier alpha value is -2.78. The summed E-state index contributed by atoms with van der Waals surface area (Å²) in [6, 6.07) is 5.93. The number of carbonyl (C=O) groups excluding carboxylic acids is 2. The van der Waals surface area contributed by atoms with E-state index in [0.717, 1.165) is 4.88 Å². The van der Waals surface area contributed by atoms with Crippen molar-refractivity contribution >= 4 is 39.5 Å². The molecular formula is C16H11N3O4S2. The normalized spacial score (nSPS) is 17.6. The Bertz CT molecular complexity index is 973. The molecule has 0 aromatic carbocycles. The molecule has 1 N–H and O–H groups in total. The highest BCUT2D eigenvalue weighted by atomic mass is 32.1. The minimum Gasteiger partial charge on any atom is -0.503 e. The van der Waals surface area contributed by atoms with E-state index in [1.807, 2.05) is 11.4 Å². The van der Waals surface area contributed by atoms with Gasteiger partial charge in [-0.1, -0.05) is 17.4 Å². The first kappa shape index (κ1) is 15.7. The van der Waals surface area contributed by atoms with Crippen molar-refractivity contribution in [2.45, 2.75) is 13.0 Å². The summed E-state index contributed by atoms with van der Waals surface area (Å²) in [4.78, 5) is 27.6. The first-order valence-electron chi connectivity index (χ1n) is 7.26. The molecule has 1 amide bonds. The summed E-state index contributed by atoms with van der Waals surface area (Å²) in [5.74, 6) is -1.73. The van der Waals surface area contributed by atoms with E-state index in [1.165, 1.54) is 39.9 Å². The topological polar surface area (TPSA) is 96.5 Å². The predicted molar refractivity (Wildman–Crippen MR) is 91.9 cm³/mol. The van der Waals surface area contributed by atoms with Crippen molar-refractivity contribution < 1.29 is 19.1 Å². The van der Waals surface area contributed by atoms with Crippen LogP contribution in [0.3, 0.4) is 0 Å². The van der Waals surface area contributed by atoms with Gasteiger partial charge in [-0.15, -0.1) is 21.5 Å². The van der Waals surface area contributed by atoms with Crippen molar-refractivity contribution in [3.05, 3.63) is 62.9 Å². The summed E-state index contributed by atoms with van der Waals surface area (Å²) in [6.07, 6.45) is 1.37. The molecule has 0 fully saturated rings. The van der Waals surface area contributed by atoms with Crippen LogP contribution in [0.5, 0.6) is 0 Å². The van der Waals surface area contributed by atoms with E-state index in [0.29, 0.717) is 10.1 Å². The number of anilines is 1. The summed E-state index contributed by atoms with van der Waals surface area (Å²) < 4.78 is 5.16. The van der Waals surface area contributed by atoms with Crippen LogP contribution in [0.25, 0.3) is 0 Å². The Balaban J connectivity index is 1.86. The number of thiophene rings is 1. The minimum absolute atomic E-state index is 0.0183. The number of Topliss-reactive ketones (excluding diaryl/α,β-unsaturated/α-hetero) is 1. The maximum absolute atomic E-state index is 12.8. The summed E-state index contributed by atoms with van der Waals surface area (Å²) >= 11 is 2.60. The lowest BCUT2D eigenvalue weighted by Crippen LogP contribution is -2.30. The third-order valence-electron chi connectivity index (χ3n) is 3.73. The van der Waals surface area contributed by atoms with E-state index in [9.17, 15) is 14.7 Å². The van der Waals surface area contributed by atoms with Gasteiger partial charge in [0.25, 0.3) is 5.91 Å². The van der Waals surface area contributed by atoms with Gasteiger partial charge in [-0.3, -0.25) is 14.5 Å². The van der Waals surface area contributed by atoms with Crippen LogP contribution < -0.4 is 4.90 Å². The van der Waals surface area contributed by atoms with Crippen LogP contribution in [-0.2, 0) is 4.79 Å². The first-order valence-corrected chi connectivity index (χ1v) is 8.96. The zero-order valence-electron chi connectivity index (χ0n) is 12.9. The van der Waals surface area contributed by atoms with E-state index < -0.39 is 23.5 Å². The summed E-state index contributed by atoms with van der Waals surface area (Å²) in [5, 5.41) is 21.2. The van der Waals surface area contributed by atoms with Gasteiger partial charge in [0, 0.05) is 4.88 Å². The Kier molecular flexibility index (Phi) is 3.74. The maximum Gasteiger partial charge on any atom is 0.296 e. The van der Waals surface area contributed by atoms with Gasteiger partial charge >= 0.3 is 0 Å². The molecule has 0 saturated heterocycles. The van der Waals surface area contributed by atoms with Gasteiger partial charge < -0.3 is 9.52 Å². The largest absolute Gasteiger partial charge is 0.503 e. The van der Waals surface area contributed by atoms with Crippen LogP contribution in [0, 0.1) is 6.92 Å². The number of aromatic nitrogens is 2. The number of aryl methyl sites for hydroxylation is 1. The molecule has 0 radical (unpaired) electrons. The average molecular weight is 373 g/mol. The van der Waals surface area contributed by atoms with Crippen molar-refractivity contribution in [2.75, 3.05) is 4.90 Å². The molecular weight excluding hydrogens is 362 g/mol. The lowest BCUT2D eigenvalue weighted by molar-refractivity contribution is -0.117. The van der Waals surface area contributed by atoms with E-state index in [2.05, 4.69) is 10.2 Å². The van der Waals surface area contributed by atoms with E-state index in [1.54, 1.807) is 19.1 Å². The molecule has 4 rings (SSSR count). The summed E-state index contributed by atoms with van der Waals surface area (Å²) in [6.45, 7) is 1.77. The van der Waals surface area contributed by atoms with Crippen LogP contribution in [0.15, 0.2) is 51.7 Å². The van der Waals surface area contributed by atoms with Crippen LogP contribution in [0.2, 0.25) is 0 Å². The number of nitrogens with zero attached hydrogens (tertiary/aromatic N) is 3. The molecule has 1 aliphatic rings. The van der Waals surface area contributed by atoms with E-state index in [-0.39, 0.29) is 11.3 Å². The number of aliphatic hydroxyl groups is 1. The molecule has 3 aromatic rings. The second-order valence-corrected chi connectivity index (χ2v) is 7.40. The van der Waals surface area contributed by atoms with Crippen molar-refractivity contribution in [3.8, 4) is 0 Å². The first-order chi connectivity index (χ1) is 12.1. The fraction of sp³-hybridized carbons (Fsp3) is 0.125. The fourth-order valence-electron chi connectivity index (χ4n) is 2.67. The van der Waals surface area contributed by atoms with Crippen LogP contribution in [-0.4, -0.2) is 27.0 Å². The fourth-order valence-corrected chi connectivity index (χ4v) is 4.21. The summed E-state index contributed by atoms with van der Waals surface area (Å²) in [7, 11) is 0. The number of aliphatic hydroxyl groups excluding tert-OH is 1. The standard InChI is InChI=1S/C16H11N3O4S2/c1-8-17-18-16(25-8)19-12(10-5-3-7-24-10)11(14(21)15(19)22)13(20)9-4-2-6-23-9/h2-7,12,21H,1H3/t12-/m0/s1. The van der Waals surface area contributed by atoms with Gasteiger partial charge in [-0.25, -0.2) is 0 Å². The van der Waals surface area contributed by atoms with Gasteiger partial charge in [0.1, 0.15) is 11.0 Å². The molecule has 7 nitrogen and oxygen atoms in total. The molecule has 0 aliphatic carbocycles. The third kappa shape index (κ3) is 2.48. The SMILES string of the molecule is Cc1nnc(N2C(=O)C(O)=C(C(=O)c3ccco3)[C@@H]2c2cccs2)s1. The zero-order valence-corrected chi connectivity index (χ0v) is 14.5. The van der Waals surface area contributed by atoms with Gasteiger partial charge in [0.05, 0.1) is 11.8 Å². The van der Waals surface area contributed by atoms with Gasteiger partial charge in [0.15, 0.2) is 11.5 Å². The van der Waals surface area contributed by atoms with Crippen LogP contribution in [0.4, 0.5) is 5.13 Å². The number of hydrogen-bond acceptors (Lipinski definition) is 8. The van der Waals surface area contributed by atoms with E-state index in [4.69, 9.17) is 4.42 Å². The van der Waals surface area contributed by atoms with Crippen molar-refractivity contribution in [1.82, 2.24) is 10.2 Å². The Labute approximate surface area is 149 Å². The third-order valence-corrected chi connectivity index (χ3v) is 5.49. The molecule has 0 bridgehead atoms. The quantitative estimate of drug-likeness (QED) is 0.705. The molecule has 126 valence electrons. The Morgan fingerprint density at radius 3 is 2.76 bits per heavy atom. The molecule has 9 heteroatoms. The number of furan rings is 1. The molecule has 25 heavy (non-hydrogen) atoms. The lowest BCUT2D eigenvalue weighted by Gasteiger charge is -2.22. The van der Waals surface area contributed by atoms with Gasteiger partial charge in [-0.2, -0.15) is 0 Å². The number of rotatable bonds is 4. The highest BCUT2D eigenvalue weighted by Gasteiger charge is 2.47. The predicted octanol–water partition coefficient (Wildman–Crippen LogP) is 3.28. The van der Waals surface area contributed by atoms with Gasteiger partial charge in [0.2, 0.25) is 10.9 Å². The lowest BCUT2D eigenvalue weighted by atomic mass is 10.0. The van der Waals surface area contributed by atoms with Crippen molar-refractivity contribution in [3.63, 3.8) is 0 Å². The van der Waals surface area contributed by atoms with Crippen LogP contribution in [0.1, 0.15) is 26.5 Å². The molecule has 0 unspecified atom stereocenters. The second-order valence-electron chi connectivity index (χ2n) is 5.27. The Morgan fingerprint density at radius 2 is 2.16 bits per heavy atom. The number of amides is 1. The maximum atomic E-state index is 12.8. The molecule has 0 saturated carbocycles. The monoisotopic (exact) mass is 373 g/mol. The van der Waals surface area contributed by atoms with Crippen molar-refractivity contribution in [1.29, 1.82) is 0 Å². The smallest absolute Gasteiger partial charge is 0.296 e. The van der Waals surface area contributed by atoms with Crippen LogP contribution >= 0.6 is 22.7 Å². The van der Waals surface area contributed by atoms with E-state index >= 15 is 0 Å². The minimum atomic E-state index is -0.766. The number of hydrogen-bond donors (Lipinski definition) is 1. The highest BCUT2D eigenvalue weighted by Crippen LogP contribution is 2.43. The van der Waals surface area contributed by atoms with Crippen molar-refractivity contribution in [2.24, 2.45) is 0 Å². The number of ketones is 1. The number of carbonyl (C=O) groups is 2. The highest BCUT2D eigenvalue weighted by molar-refractivity contribution is 7.15. The molecule has 1 atom stereocenters. The zero-order chi connectivity index (χ0) is 17.6. The Morgan fingerprint density at radius 1 is 1.32 bits per heavy atom. The molecule has 0 spiro atoms.